The van der Waals surface area contributed by atoms with Crippen LogP contribution in [0.25, 0.3) is 0 Å². The number of carbonyl (C=O) groups is 4. The third-order valence-corrected chi connectivity index (χ3v) is 5.57. The number of esters is 2. The van der Waals surface area contributed by atoms with Crippen LogP contribution in [-0.4, -0.2) is 50.1 Å². The van der Waals surface area contributed by atoms with Crippen molar-refractivity contribution in [2.24, 2.45) is 0 Å². The first-order valence-electron chi connectivity index (χ1n) is 13.4. The van der Waals surface area contributed by atoms with Crippen LogP contribution >= 0.6 is 0 Å². The van der Waals surface area contributed by atoms with E-state index in [-0.39, 0.29) is 31.6 Å². The molecule has 0 unspecified atom stereocenters. The maximum Gasteiger partial charge on any atom is 0.333 e. The minimum Gasteiger partial charge on any atom is -0.462 e. The Bertz CT molecular complexity index is 632. The van der Waals surface area contributed by atoms with Gasteiger partial charge >= 0.3 is 18.0 Å². The first-order chi connectivity index (χ1) is 17.2. The highest BCUT2D eigenvalue weighted by atomic mass is 16.5. The lowest BCUT2D eigenvalue weighted by molar-refractivity contribution is -0.140. The van der Waals surface area contributed by atoms with Crippen LogP contribution in [0.5, 0.6) is 0 Å². The normalized spacial score (nSPS) is 10.4. The molecule has 0 aromatic heterocycles. The lowest BCUT2D eigenvalue weighted by Gasteiger charge is -2.08. The number of hydrogen-bond acceptors (Lipinski definition) is 6. The van der Waals surface area contributed by atoms with Crippen molar-refractivity contribution in [1.82, 2.24) is 10.6 Å². The SMILES string of the molecule is C=C(C)C(=O)OCCCC(=O)CCCCCCCCCCCCCNC(=O)NCCOC(=O)C(=C)C. The molecule has 0 rings (SSSR count). The molecule has 0 saturated heterocycles. The van der Waals surface area contributed by atoms with Crippen molar-refractivity contribution < 1.29 is 28.7 Å². The monoisotopic (exact) mass is 508 g/mol. The average molecular weight is 509 g/mol. The van der Waals surface area contributed by atoms with Crippen LogP contribution in [0.15, 0.2) is 24.3 Å². The fourth-order valence-electron chi connectivity index (χ4n) is 3.42. The molecule has 0 aliphatic rings. The summed E-state index contributed by atoms with van der Waals surface area (Å²) in [4.78, 5) is 45.9. The van der Waals surface area contributed by atoms with Crippen molar-refractivity contribution in [3.63, 3.8) is 0 Å². The minimum absolute atomic E-state index is 0.135. The smallest absolute Gasteiger partial charge is 0.333 e. The van der Waals surface area contributed by atoms with Crippen molar-refractivity contribution in [1.29, 1.82) is 0 Å². The van der Waals surface area contributed by atoms with Gasteiger partial charge in [-0.3, -0.25) is 4.79 Å². The second-order valence-electron chi connectivity index (χ2n) is 9.30. The van der Waals surface area contributed by atoms with Crippen molar-refractivity contribution in [3.8, 4) is 0 Å². The molecular weight excluding hydrogens is 460 g/mol. The van der Waals surface area contributed by atoms with E-state index < -0.39 is 11.9 Å². The molecule has 0 aliphatic carbocycles. The summed E-state index contributed by atoms with van der Waals surface area (Å²) in [5.74, 6) is -0.593. The molecule has 0 aromatic rings. The van der Waals surface area contributed by atoms with Gasteiger partial charge in [0.1, 0.15) is 12.4 Å². The highest BCUT2D eigenvalue weighted by Crippen LogP contribution is 2.12. The van der Waals surface area contributed by atoms with E-state index in [1.54, 1.807) is 13.8 Å². The quantitative estimate of drug-likeness (QED) is 0.106. The molecule has 0 saturated carbocycles. The fraction of sp³-hybridized carbons (Fsp3) is 0.714. The Kier molecular flexibility index (Phi) is 21.1. The van der Waals surface area contributed by atoms with Crippen molar-refractivity contribution in [2.75, 3.05) is 26.3 Å². The molecule has 0 heterocycles. The van der Waals surface area contributed by atoms with Gasteiger partial charge < -0.3 is 20.1 Å². The second kappa shape index (κ2) is 22.8. The molecule has 0 aliphatic heterocycles. The summed E-state index contributed by atoms with van der Waals surface area (Å²) >= 11 is 0. The first kappa shape index (κ1) is 33.4. The number of nitrogens with one attached hydrogen (secondary N) is 2. The second-order valence-corrected chi connectivity index (χ2v) is 9.30. The van der Waals surface area contributed by atoms with Crippen LogP contribution in [0.2, 0.25) is 0 Å². The number of ketones is 1. The number of unbranched alkanes of at least 4 members (excludes halogenated alkanes) is 10. The van der Waals surface area contributed by atoms with Gasteiger partial charge in [0, 0.05) is 30.5 Å². The molecule has 0 atom stereocenters. The van der Waals surface area contributed by atoms with Crippen molar-refractivity contribution in [3.05, 3.63) is 24.3 Å². The zero-order chi connectivity index (χ0) is 27.0. The third kappa shape index (κ3) is 21.9. The Morgan fingerprint density at radius 2 is 0.972 bits per heavy atom. The number of rotatable bonds is 23. The molecule has 8 nitrogen and oxygen atoms in total. The van der Waals surface area contributed by atoms with E-state index in [0.29, 0.717) is 37.0 Å². The van der Waals surface area contributed by atoms with Crippen LogP contribution < -0.4 is 10.6 Å². The fourth-order valence-corrected chi connectivity index (χ4v) is 3.42. The largest absolute Gasteiger partial charge is 0.462 e. The predicted octanol–water partition coefficient (Wildman–Crippen LogP) is 5.55. The van der Waals surface area contributed by atoms with E-state index in [0.717, 1.165) is 25.7 Å². The summed E-state index contributed by atoms with van der Waals surface area (Å²) in [7, 11) is 0. The van der Waals surface area contributed by atoms with E-state index in [2.05, 4.69) is 23.8 Å². The molecule has 2 N–H and O–H groups in total. The average Bonchev–Trinajstić information content (AvgIpc) is 2.84. The maximum absolute atomic E-state index is 11.8. The standard InChI is InChI=1S/C28H48N2O6/c1-23(2)26(32)35-21-16-18-25(31)17-14-12-10-8-6-5-7-9-11-13-15-19-29-28(34)30-20-22-36-27(33)24(3)4/h1,3,5-22H2,2,4H3,(H2,29,30,34). The van der Waals surface area contributed by atoms with Gasteiger partial charge in [0.2, 0.25) is 0 Å². The lowest BCUT2D eigenvalue weighted by Crippen LogP contribution is -2.38. The first-order valence-corrected chi connectivity index (χ1v) is 13.4. The molecule has 8 heteroatoms. The highest BCUT2D eigenvalue weighted by molar-refractivity contribution is 5.87. The highest BCUT2D eigenvalue weighted by Gasteiger charge is 2.06. The molecule has 0 bridgehead atoms. The predicted molar refractivity (Wildman–Crippen MR) is 143 cm³/mol. The molecule has 0 aromatic carbocycles. The Morgan fingerprint density at radius 1 is 0.556 bits per heavy atom. The van der Waals surface area contributed by atoms with E-state index in [9.17, 15) is 19.2 Å². The number of urea groups is 1. The van der Waals surface area contributed by atoms with Gasteiger partial charge in [-0.1, -0.05) is 70.9 Å². The Hall–Kier alpha value is -2.64. The molecule has 0 spiro atoms. The van der Waals surface area contributed by atoms with Crippen LogP contribution in [0.1, 0.15) is 104 Å². The van der Waals surface area contributed by atoms with E-state index in [4.69, 9.17) is 9.47 Å². The number of Topliss-reactive ketones (excluding diaryl/α,β-unsaturated/α-hetero) is 1. The van der Waals surface area contributed by atoms with Gasteiger partial charge in [-0.05, 0) is 33.1 Å². The van der Waals surface area contributed by atoms with Gasteiger partial charge in [0.25, 0.3) is 0 Å². The van der Waals surface area contributed by atoms with Crippen LogP contribution in [0, 0.1) is 0 Å². The summed E-state index contributed by atoms with van der Waals surface area (Å²) in [6.45, 7) is 11.5. The number of hydrogen-bond donors (Lipinski definition) is 2. The molecule has 2 amide bonds. The van der Waals surface area contributed by atoms with E-state index >= 15 is 0 Å². The summed E-state index contributed by atoms with van der Waals surface area (Å²) in [6, 6.07) is -0.243. The Morgan fingerprint density at radius 3 is 1.50 bits per heavy atom. The molecular formula is C28H48N2O6. The molecule has 0 radical (unpaired) electrons. The van der Waals surface area contributed by atoms with E-state index in [1.807, 2.05) is 0 Å². The third-order valence-electron chi connectivity index (χ3n) is 5.57. The van der Waals surface area contributed by atoms with Gasteiger partial charge in [-0.2, -0.15) is 0 Å². The Balaban J connectivity index is 3.32. The topological polar surface area (TPSA) is 111 Å². The zero-order valence-corrected chi connectivity index (χ0v) is 22.6. The van der Waals surface area contributed by atoms with Gasteiger partial charge in [0.05, 0.1) is 13.2 Å². The van der Waals surface area contributed by atoms with Crippen molar-refractivity contribution >= 4 is 23.8 Å². The molecule has 0 fully saturated rings. The Labute approximate surface area is 217 Å². The van der Waals surface area contributed by atoms with Crippen molar-refractivity contribution in [2.45, 2.75) is 104 Å². The summed E-state index contributed by atoms with van der Waals surface area (Å²) in [5.41, 5.74) is 0.724. The number of amides is 2. The van der Waals surface area contributed by atoms with Crippen LogP contribution in [0.3, 0.4) is 0 Å². The van der Waals surface area contributed by atoms with Crippen LogP contribution in [-0.2, 0) is 23.9 Å². The number of carbonyl (C=O) groups excluding carboxylic acids is 4. The van der Waals surface area contributed by atoms with Gasteiger partial charge in [-0.25, -0.2) is 14.4 Å². The van der Waals surface area contributed by atoms with Gasteiger partial charge in [0.15, 0.2) is 0 Å². The molecule has 206 valence electrons. The zero-order valence-electron chi connectivity index (χ0n) is 22.6. The summed E-state index contributed by atoms with van der Waals surface area (Å²) in [5, 5.41) is 5.46. The summed E-state index contributed by atoms with van der Waals surface area (Å²) in [6.07, 6.45) is 14.3. The van der Waals surface area contributed by atoms with E-state index in [1.165, 1.54) is 44.9 Å². The van der Waals surface area contributed by atoms with Crippen LogP contribution in [0.4, 0.5) is 4.79 Å². The lowest BCUT2D eigenvalue weighted by atomic mass is 10.0. The molecule has 36 heavy (non-hydrogen) atoms. The summed E-state index contributed by atoms with van der Waals surface area (Å²) < 4.78 is 9.89. The number of ether oxygens (including phenoxy) is 2. The minimum atomic E-state index is -0.449. The van der Waals surface area contributed by atoms with Gasteiger partial charge in [-0.15, -0.1) is 0 Å². The maximum atomic E-state index is 11.8.